The van der Waals surface area contributed by atoms with E-state index < -0.39 is 12.0 Å². The normalized spacial score (nSPS) is 10.3. The topological polar surface area (TPSA) is 112 Å². The van der Waals surface area contributed by atoms with Gasteiger partial charge in [0, 0.05) is 10.6 Å². The molecule has 0 bridgehead atoms. The van der Waals surface area contributed by atoms with Crippen molar-refractivity contribution < 1.29 is 9.90 Å². The maximum absolute atomic E-state index is 9.57. The molecular weight excluding hydrogens is 196 g/mol. The van der Waals surface area contributed by atoms with Gasteiger partial charge in [-0.1, -0.05) is 35.4 Å². The van der Waals surface area contributed by atoms with Crippen molar-refractivity contribution >= 4 is 11.7 Å². The van der Waals surface area contributed by atoms with Crippen LogP contribution < -0.4 is 5.73 Å². The van der Waals surface area contributed by atoms with Crippen LogP contribution in [-0.2, 0) is 4.79 Å². The molecule has 6 nitrogen and oxygen atoms in total. The summed E-state index contributed by atoms with van der Waals surface area (Å²) >= 11 is 0. The van der Waals surface area contributed by atoms with Gasteiger partial charge in [0.25, 0.3) is 0 Å². The molecule has 0 fully saturated rings. The van der Waals surface area contributed by atoms with E-state index in [1.165, 1.54) is 6.92 Å². The number of carbonyl (C=O) groups is 1. The fraction of sp³-hybridized carbons (Fsp3) is 0.222. The van der Waals surface area contributed by atoms with E-state index >= 15 is 0 Å². The van der Waals surface area contributed by atoms with Crippen LogP contribution in [-0.4, -0.2) is 17.1 Å². The molecule has 0 aliphatic heterocycles. The summed E-state index contributed by atoms with van der Waals surface area (Å²) in [5, 5.41) is 11.3. The van der Waals surface area contributed by atoms with E-state index in [-0.39, 0.29) is 0 Å². The average Bonchev–Trinajstić information content (AvgIpc) is 2.20. The molecule has 0 aliphatic rings. The third-order valence-electron chi connectivity index (χ3n) is 1.31. The maximum Gasteiger partial charge on any atom is 0.320 e. The Morgan fingerprint density at radius 1 is 1.53 bits per heavy atom. The van der Waals surface area contributed by atoms with Gasteiger partial charge in [0.2, 0.25) is 0 Å². The zero-order valence-corrected chi connectivity index (χ0v) is 8.24. The van der Waals surface area contributed by atoms with E-state index in [4.69, 9.17) is 16.4 Å². The molecule has 1 rings (SSSR count). The number of rotatable bonds is 2. The number of carboxylic acid groups (broad SMARTS) is 1. The van der Waals surface area contributed by atoms with Crippen LogP contribution in [0.5, 0.6) is 0 Å². The second kappa shape index (κ2) is 7.37. The summed E-state index contributed by atoms with van der Waals surface area (Å²) in [6.07, 6.45) is 0. The molecule has 0 saturated carbocycles. The van der Waals surface area contributed by atoms with Crippen molar-refractivity contribution in [2.75, 3.05) is 0 Å². The lowest BCUT2D eigenvalue weighted by atomic mass is 10.3. The third kappa shape index (κ3) is 7.06. The van der Waals surface area contributed by atoms with Crippen LogP contribution in [0.4, 0.5) is 5.69 Å². The molecule has 0 radical (unpaired) electrons. The van der Waals surface area contributed by atoms with Crippen LogP contribution in [0, 0.1) is 0 Å². The first-order valence-corrected chi connectivity index (χ1v) is 4.16. The Kier molecular flexibility index (Phi) is 6.37. The Bertz CT molecular complexity index is 344. The molecule has 6 heteroatoms. The molecule has 0 spiro atoms. The van der Waals surface area contributed by atoms with Gasteiger partial charge in [0.1, 0.15) is 6.04 Å². The van der Waals surface area contributed by atoms with Gasteiger partial charge >= 0.3 is 5.97 Å². The highest BCUT2D eigenvalue weighted by Gasteiger charge is 1.99. The highest BCUT2D eigenvalue weighted by atomic mass is 16.4. The Morgan fingerprint density at radius 2 is 2.00 bits per heavy atom. The SMILES string of the molecule is CC(N)C(=O)O.[N-]=[N+]=Nc1ccccc1. The van der Waals surface area contributed by atoms with E-state index in [2.05, 4.69) is 10.0 Å². The number of aliphatic carboxylic acids is 1. The van der Waals surface area contributed by atoms with Crippen LogP contribution in [0.2, 0.25) is 0 Å². The first kappa shape index (κ1) is 13.0. The van der Waals surface area contributed by atoms with Crippen molar-refractivity contribution in [3.63, 3.8) is 0 Å². The standard InChI is InChI=1S/C6H5N3.C3H7NO2/c7-9-8-6-4-2-1-3-5-6;1-2(4)3(5)6/h1-5H;2H,4H2,1H3,(H,5,6). The first-order chi connectivity index (χ1) is 7.07. The number of carboxylic acids is 1. The minimum atomic E-state index is -0.963. The molecule has 0 amide bonds. The molecule has 80 valence electrons. The number of benzene rings is 1. The Morgan fingerprint density at radius 3 is 2.33 bits per heavy atom. The van der Waals surface area contributed by atoms with Gasteiger partial charge in [-0.05, 0) is 12.5 Å². The molecule has 1 atom stereocenters. The van der Waals surface area contributed by atoms with Crippen molar-refractivity contribution in [3.05, 3.63) is 40.8 Å². The highest BCUT2D eigenvalue weighted by Crippen LogP contribution is 2.08. The van der Waals surface area contributed by atoms with Gasteiger partial charge in [0.05, 0.1) is 0 Å². The predicted octanol–water partition coefficient (Wildman–Crippen LogP) is 2.05. The summed E-state index contributed by atoms with van der Waals surface area (Å²) in [4.78, 5) is 12.2. The summed E-state index contributed by atoms with van der Waals surface area (Å²) < 4.78 is 0. The fourth-order valence-corrected chi connectivity index (χ4v) is 0.546. The summed E-state index contributed by atoms with van der Waals surface area (Å²) in [6.45, 7) is 1.42. The van der Waals surface area contributed by atoms with E-state index in [1.807, 2.05) is 18.2 Å². The zero-order chi connectivity index (χ0) is 11.7. The second-order valence-electron chi connectivity index (χ2n) is 2.65. The minimum Gasteiger partial charge on any atom is -0.480 e. The van der Waals surface area contributed by atoms with Crippen molar-refractivity contribution in [1.82, 2.24) is 0 Å². The number of nitrogens with zero attached hydrogens (tertiary/aromatic N) is 3. The van der Waals surface area contributed by atoms with Gasteiger partial charge in [0.15, 0.2) is 0 Å². The molecule has 1 unspecified atom stereocenters. The van der Waals surface area contributed by atoms with Gasteiger partial charge in [-0.2, -0.15) is 0 Å². The van der Waals surface area contributed by atoms with E-state index in [0.29, 0.717) is 5.69 Å². The van der Waals surface area contributed by atoms with E-state index in [9.17, 15) is 4.79 Å². The lowest BCUT2D eigenvalue weighted by Crippen LogP contribution is -2.25. The van der Waals surface area contributed by atoms with E-state index in [1.54, 1.807) is 12.1 Å². The molecular formula is C9H12N4O2. The maximum atomic E-state index is 9.57. The van der Waals surface area contributed by atoms with E-state index in [0.717, 1.165) is 0 Å². The van der Waals surface area contributed by atoms with Gasteiger partial charge < -0.3 is 10.8 Å². The lowest BCUT2D eigenvalue weighted by Gasteiger charge is -1.90. The van der Waals surface area contributed by atoms with Crippen LogP contribution in [0.25, 0.3) is 10.4 Å². The molecule has 0 aromatic heterocycles. The number of azide groups is 1. The third-order valence-corrected chi connectivity index (χ3v) is 1.31. The molecule has 0 heterocycles. The lowest BCUT2D eigenvalue weighted by molar-refractivity contribution is -0.138. The van der Waals surface area contributed by atoms with Gasteiger partial charge in [-0.15, -0.1) is 0 Å². The van der Waals surface area contributed by atoms with Crippen molar-refractivity contribution in [3.8, 4) is 0 Å². The van der Waals surface area contributed by atoms with Gasteiger partial charge in [-0.25, -0.2) is 0 Å². The molecule has 1 aromatic rings. The van der Waals surface area contributed by atoms with Gasteiger partial charge in [-0.3, -0.25) is 4.79 Å². The molecule has 1 aromatic carbocycles. The number of nitrogens with two attached hydrogens (primary N) is 1. The van der Waals surface area contributed by atoms with Crippen molar-refractivity contribution in [2.24, 2.45) is 10.8 Å². The minimum absolute atomic E-state index is 0.653. The number of hydrogen-bond acceptors (Lipinski definition) is 3. The van der Waals surface area contributed by atoms with Crippen LogP contribution in [0.3, 0.4) is 0 Å². The Hall–Kier alpha value is -2.04. The van der Waals surface area contributed by atoms with Crippen LogP contribution in [0.15, 0.2) is 35.4 Å². The fourth-order valence-electron chi connectivity index (χ4n) is 0.546. The number of hydrogen-bond donors (Lipinski definition) is 2. The first-order valence-electron chi connectivity index (χ1n) is 4.16. The molecule has 0 aliphatic carbocycles. The average molecular weight is 208 g/mol. The largest absolute Gasteiger partial charge is 0.480 e. The molecule has 3 N–H and O–H groups in total. The summed E-state index contributed by atoms with van der Waals surface area (Å²) in [5.41, 5.74) is 13.5. The summed E-state index contributed by atoms with van der Waals surface area (Å²) in [7, 11) is 0. The Balaban J connectivity index is 0.000000288. The summed E-state index contributed by atoms with van der Waals surface area (Å²) in [5.74, 6) is -0.963. The zero-order valence-electron chi connectivity index (χ0n) is 8.24. The Labute approximate surface area is 87.0 Å². The summed E-state index contributed by atoms with van der Waals surface area (Å²) in [6, 6.07) is 8.29. The van der Waals surface area contributed by atoms with Crippen LogP contribution in [0.1, 0.15) is 6.92 Å². The predicted molar refractivity (Wildman–Crippen MR) is 56.5 cm³/mol. The molecule has 0 saturated heterocycles. The van der Waals surface area contributed by atoms with Crippen LogP contribution >= 0.6 is 0 Å². The smallest absolute Gasteiger partial charge is 0.320 e. The second-order valence-corrected chi connectivity index (χ2v) is 2.65. The monoisotopic (exact) mass is 208 g/mol. The van der Waals surface area contributed by atoms with Crippen molar-refractivity contribution in [2.45, 2.75) is 13.0 Å². The quantitative estimate of drug-likeness (QED) is 0.440. The molecule has 15 heavy (non-hydrogen) atoms. The highest BCUT2D eigenvalue weighted by molar-refractivity contribution is 5.72. The van der Waals surface area contributed by atoms with Crippen molar-refractivity contribution in [1.29, 1.82) is 0 Å².